The van der Waals surface area contributed by atoms with Gasteiger partial charge in [0.25, 0.3) is 5.91 Å². The number of hydrogen-bond donors (Lipinski definition) is 2. The number of aryl methyl sites for hydroxylation is 2. The second kappa shape index (κ2) is 6.82. The quantitative estimate of drug-likeness (QED) is 0.804. The number of carboxylic acids is 1. The van der Waals surface area contributed by atoms with E-state index in [-0.39, 0.29) is 5.91 Å². The molecular formula is C18H24N4O3. The first-order valence-corrected chi connectivity index (χ1v) is 8.80. The van der Waals surface area contributed by atoms with E-state index in [1.807, 2.05) is 27.0 Å². The molecule has 7 heteroatoms. The summed E-state index contributed by atoms with van der Waals surface area (Å²) in [7, 11) is 1.81. The number of hydrogen-bond acceptors (Lipinski definition) is 4. The van der Waals surface area contributed by atoms with Crippen LogP contribution in [-0.4, -0.2) is 37.8 Å². The molecule has 0 aromatic carbocycles. The van der Waals surface area contributed by atoms with E-state index >= 15 is 0 Å². The number of fused-ring (bicyclic) bond motifs is 1. The Morgan fingerprint density at radius 2 is 2.16 bits per heavy atom. The highest BCUT2D eigenvalue weighted by molar-refractivity contribution is 6.07. The van der Waals surface area contributed by atoms with Gasteiger partial charge in [-0.05, 0) is 32.3 Å². The van der Waals surface area contributed by atoms with Crippen LogP contribution in [0.4, 0.5) is 0 Å². The molecule has 0 saturated heterocycles. The predicted octanol–water partition coefficient (Wildman–Crippen LogP) is 2.53. The van der Waals surface area contributed by atoms with Crippen molar-refractivity contribution in [3.8, 4) is 0 Å². The minimum Gasteiger partial charge on any atom is -0.480 e. The van der Waals surface area contributed by atoms with E-state index in [0.717, 1.165) is 37.1 Å². The lowest BCUT2D eigenvalue weighted by molar-refractivity contribution is -0.139. The summed E-state index contributed by atoms with van der Waals surface area (Å²) in [5.74, 6) is -0.979. The van der Waals surface area contributed by atoms with Crippen LogP contribution in [0.3, 0.4) is 0 Å². The maximum absolute atomic E-state index is 12.9. The number of aliphatic carboxylic acids is 1. The lowest BCUT2D eigenvalue weighted by Crippen LogP contribution is -2.40. The molecule has 2 N–H and O–H groups in total. The normalized spacial score (nSPS) is 15.3. The van der Waals surface area contributed by atoms with Crippen molar-refractivity contribution < 1.29 is 14.7 Å². The average molecular weight is 344 g/mol. The second-order valence-electron chi connectivity index (χ2n) is 6.78. The molecule has 25 heavy (non-hydrogen) atoms. The first-order valence-electron chi connectivity index (χ1n) is 8.80. The Morgan fingerprint density at radius 1 is 1.44 bits per heavy atom. The highest BCUT2D eigenvalue weighted by Gasteiger charge is 2.29. The SMILES string of the molecule is CCCC[C@H](NC(=O)c1cc(C2CC2)nc2c1c(C)nn2C)C(=O)O. The largest absolute Gasteiger partial charge is 0.480 e. The van der Waals surface area contributed by atoms with Gasteiger partial charge in [-0.25, -0.2) is 9.78 Å². The lowest BCUT2D eigenvalue weighted by Gasteiger charge is -2.15. The van der Waals surface area contributed by atoms with Gasteiger partial charge in [-0.2, -0.15) is 5.10 Å². The van der Waals surface area contributed by atoms with Crippen molar-refractivity contribution >= 4 is 22.9 Å². The van der Waals surface area contributed by atoms with Crippen LogP contribution in [0.1, 0.15) is 66.7 Å². The molecule has 2 aromatic rings. The first-order chi connectivity index (χ1) is 11.9. The van der Waals surface area contributed by atoms with Gasteiger partial charge in [0.1, 0.15) is 6.04 Å². The van der Waals surface area contributed by atoms with Gasteiger partial charge in [0.2, 0.25) is 0 Å². The molecule has 1 amide bonds. The fourth-order valence-corrected chi connectivity index (χ4v) is 3.13. The van der Waals surface area contributed by atoms with Crippen molar-refractivity contribution in [2.75, 3.05) is 0 Å². The van der Waals surface area contributed by atoms with E-state index in [1.54, 1.807) is 4.68 Å². The van der Waals surface area contributed by atoms with Gasteiger partial charge in [0, 0.05) is 18.7 Å². The second-order valence-corrected chi connectivity index (χ2v) is 6.78. The fourth-order valence-electron chi connectivity index (χ4n) is 3.13. The predicted molar refractivity (Wildman–Crippen MR) is 93.6 cm³/mol. The summed E-state index contributed by atoms with van der Waals surface area (Å²) in [4.78, 5) is 29.0. The van der Waals surface area contributed by atoms with Gasteiger partial charge in [-0.3, -0.25) is 9.48 Å². The van der Waals surface area contributed by atoms with Crippen LogP contribution in [0.2, 0.25) is 0 Å². The van der Waals surface area contributed by atoms with Gasteiger partial charge in [-0.1, -0.05) is 19.8 Å². The van der Waals surface area contributed by atoms with E-state index in [0.29, 0.717) is 28.9 Å². The van der Waals surface area contributed by atoms with Crippen molar-refractivity contribution in [2.45, 2.75) is 57.9 Å². The number of nitrogens with one attached hydrogen (secondary N) is 1. The van der Waals surface area contributed by atoms with Crippen LogP contribution in [0.25, 0.3) is 11.0 Å². The number of unbranched alkanes of at least 4 members (excludes halogenated alkanes) is 1. The fraction of sp³-hybridized carbons (Fsp3) is 0.556. The standard InChI is InChI=1S/C18H24N4O3/c1-4-5-6-13(18(24)25)20-17(23)12-9-14(11-7-8-11)19-16-15(12)10(2)21-22(16)3/h9,11,13H,4-8H2,1-3H3,(H,20,23)(H,24,25)/t13-/m0/s1. The van der Waals surface area contributed by atoms with Crippen LogP contribution in [0, 0.1) is 6.92 Å². The van der Waals surface area contributed by atoms with Crippen molar-refractivity contribution in [1.82, 2.24) is 20.1 Å². The maximum Gasteiger partial charge on any atom is 0.326 e. The highest BCUT2D eigenvalue weighted by Crippen LogP contribution is 2.40. The monoisotopic (exact) mass is 344 g/mol. The minimum absolute atomic E-state index is 0.367. The third-order valence-electron chi connectivity index (χ3n) is 4.68. The first kappa shape index (κ1) is 17.4. The third kappa shape index (κ3) is 3.50. The number of carbonyl (C=O) groups excluding carboxylic acids is 1. The molecule has 0 bridgehead atoms. The smallest absolute Gasteiger partial charge is 0.326 e. The molecule has 1 aliphatic carbocycles. The molecule has 134 valence electrons. The van der Waals surface area contributed by atoms with Crippen LogP contribution >= 0.6 is 0 Å². The van der Waals surface area contributed by atoms with Gasteiger partial charge in [0.05, 0.1) is 16.6 Å². The summed E-state index contributed by atoms with van der Waals surface area (Å²) in [6, 6.07) is 0.931. The van der Waals surface area contributed by atoms with Gasteiger partial charge in [0.15, 0.2) is 5.65 Å². The Labute approximate surface area is 146 Å². The third-order valence-corrected chi connectivity index (χ3v) is 4.68. The minimum atomic E-state index is -1.00. The summed E-state index contributed by atoms with van der Waals surface area (Å²) >= 11 is 0. The van der Waals surface area contributed by atoms with E-state index in [1.165, 1.54) is 0 Å². The van der Waals surface area contributed by atoms with E-state index in [2.05, 4.69) is 15.4 Å². The van der Waals surface area contributed by atoms with Crippen LogP contribution in [0.5, 0.6) is 0 Å². The summed E-state index contributed by atoms with van der Waals surface area (Å²) in [6.45, 7) is 3.83. The Morgan fingerprint density at radius 3 is 2.76 bits per heavy atom. The molecule has 2 aromatic heterocycles. The maximum atomic E-state index is 12.9. The molecule has 0 unspecified atom stereocenters. The molecule has 1 aliphatic rings. The molecule has 7 nitrogen and oxygen atoms in total. The molecule has 1 saturated carbocycles. The Balaban J connectivity index is 1.98. The molecule has 0 radical (unpaired) electrons. The molecule has 3 rings (SSSR count). The van der Waals surface area contributed by atoms with Crippen LogP contribution in [-0.2, 0) is 11.8 Å². The molecular weight excluding hydrogens is 320 g/mol. The number of nitrogens with zero attached hydrogens (tertiary/aromatic N) is 3. The number of amides is 1. The molecule has 0 aliphatic heterocycles. The number of carbonyl (C=O) groups is 2. The van der Waals surface area contributed by atoms with Gasteiger partial charge < -0.3 is 10.4 Å². The van der Waals surface area contributed by atoms with E-state index < -0.39 is 12.0 Å². The van der Waals surface area contributed by atoms with Gasteiger partial charge >= 0.3 is 5.97 Å². The average Bonchev–Trinajstić information content (AvgIpc) is 3.37. The Bertz CT molecular complexity index is 823. The lowest BCUT2D eigenvalue weighted by atomic mass is 10.1. The van der Waals surface area contributed by atoms with E-state index in [4.69, 9.17) is 0 Å². The summed E-state index contributed by atoms with van der Waals surface area (Å²) in [5.41, 5.74) is 2.76. The van der Waals surface area contributed by atoms with E-state index in [9.17, 15) is 14.7 Å². The number of pyridine rings is 1. The highest BCUT2D eigenvalue weighted by atomic mass is 16.4. The number of rotatable bonds is 7. The van der Waals surface area contributed by atoms with Crippen molar-refractivity contribution in [1.29, 1.82) is 0 Å². The molecule has 1 fully saturated rings. The summed E-state index contributed by atoms with van der Waals surface area (Å²) in [5, 5.41) is 17.1. The van der Waals surface area contributed by atoms with Crippen molar-refractivity contribution in [2.24, 2.45) is 7.05 Å². The zero-order valence-electron chi connectivity index (χ0n) is 14.9. The topological polar surface area (TPSA) is 97.1 Å². The van der Waals surface area contributed by atoms with Crippen molar-refractivity contribution in [3.63, 3.8) is 0 Å². The zero-order chi connectivity index (χ0) is 18.1. The molecule has 0 spiro atoms. The van der Waals surface area contributed by atoms with Crippen LogP contribution < -0.4 is 5.32 Å². The van der Waals surface area contributed by atoms with Crippen LogP contribution in [0.15, 0.2) is 6.07 Å². The Kier molecular flexibility index (Phi) is 4.74. The number of carboxylic acid groups (broad SMARTS) is 1. The number of aromatic nitrogens is 3. The van der Waals surface area contributed by atoms with Crippen molar-refractivity contribution in [3.05, 3.63) is 23.0 Å². The zero-order valence-corrected chi connectivity index (χ0v) is 14.9. The van der Waals surface area contributed by atoms with Gasteiger partial charge in [-0.15, -0.1) is 0 Å². The Hall–Kier alpha value is -2.44. The summed E-state index contributed by atoms with van der Waals surface area (Å²) in [6.07, 6.45) is 4.21. The molecule has 1 atom stereocenters. The summed E-state index contributed by atoms with van der Waals surface area (Å²) < 4.78 is 1.68. The molecule has 2 heterocycles.